The number of aromatic amines is 1. The average molecular weight is 545 g/mol. The fraction of sp³-hybridized carbons (Fsp3) is 0.593. The number of likely N-dealkylation sites (N-methyl/N-ethyl adjacent to an activating group) is 1. The van der Waals surface area contributed by atoms with E-state index < -0.39 is 22.1 Å². The molecule has 3 unspecified atom stereocenters. The fourth-order valence-corrected chi connectivity index (χ4v) is 6.89. The second-order valence-electron chi connectivity index (χ2n) is 10.7. The van der Waals surface area contributed by atoms with Crippen molar-refractivity contribution in [2.75, 3.05) is 25.0 Å². The minimum absolute atomic E-state index is 0.154. The number of rotatable bonds is 10. The highest BCUT2D eigenvalue weighted by atomic mass is 32.2. The minimum atomic E-state index is -4.03. The Labute approximate surface area is 225 Å². The highest BCUT2D eigenvalue weighted by molar-refractivity contribution is 7.89. The molecule has 0 bridgehead atoms. The summed E-state index contributed by atoms with van der Waals surface area (Å²) >= 11 is 0. The number of nitrogens with zero attached hydrogens (tertiary/aromatic N) is 2. The Hall–Kier alpha value is -2.92. The lowest BCUT2D eigenvalue weighted by molar-refractivity contribution is -0.144. The van der Waals surface area contributed by atoms with Gasteiger partial charge in [0.15, 0.2) is 0 Å². The van der Waals surface area contributed by atoms with E-state index in [1.54, 1.807) is 29.6 Å². The van der Waals surface area contributed by atoms with Gasteiger partial charge in [0.2, 0.25) is 21.8 Å². The molecule has 0 radical (unpaired) electrons. The third kappa shape index (κ3) is 6.55. The largest absolute Gasteiger partial charge is 0.383 e. The van der Waals surface area contributed by atoms with Gasteiger partial charge in [-0.15, -0.1) is 0 Å². The van der Waals surface area contributed by atoms with Crippen LogP contribution < -0.4 is 15.4 Å². The van der Waals surface area contributed by atoms with Crippen molar-refractivity contribution in [1.29, 1.82) is 0 Å². The minimum Gasteiger partial charge on any atom is -0.383 e. The quantitative estimate of drug-likeness (QED) is 0.363. The van der Waals surface area contributed by atoms with Gasteiger partial charge in [-0.1, -0.05) is 26.0 Å². The van der Waals surface area contributed by atoms with Gasteiger partial charge in [-0.05, 0) is 68.9 Å². The Morgan fingerprint density at radius 2 is 2.05 bits per heavy atom. The van der Waals surface area contributed by atoms with E-state index in [0.29, 0.717) is 62.8 Å². The highest BCUT2D eigenvalue weighted by Crippen LogP contribution is 2.32. The number of aromatic nitrogens is 2. The molecule has 1 aromatic carbocycles. The zero-order valence-corrected chi connectivity index (χ0v) is 23.3. The van der Waals surface area contributed by atoms with E-state index in [-0.39, 0.29) is 16.7 Å². The second-order valence-corrected chi connectivity index (χ2v) is 12.4. The first-order chi connectivity index (χ1) is 18.2. The van der Waals surface area contributed by atoms with E-state index in [4.69, 9.17) is 0 Å². The maximum absolute atomic E-state index is 13.9. The van der Waals surface area contributed by atoms with Crippen molar-refractivity contribution in [2.24, 2.45) is 11.8 Å². The van der Waals surface area contributed by atoms with E-state index in [0.717, 1.165) is 24.1 Å². The van der Waals surface area contributed by atoms with Crippen LogP contribution in [0.4, 0.5) is 5.69 Å². The molecule has 2 aliphatic heterocycles. The molecule has 2 aliphatic rings. The van der Waals surface area contributed by atoms with Crippen LogP contribution in [0.2, 0.25) is 0 Å². The third-order valence-electron chi connectivity index (χ3n) is 7.49. The Kier molecular flexibility index (Phi) is 9.09. The number of hydrogen-bond donors (Lipinski definition) is 4. The van der Waals surface area contributed by atoms with Crippen molar-refractivity contribution in [1.82, 2.24) is 24.9 Å². The van der Waals surface area contributed by atoms with Crippen molar-refractivity contribution >= 4 is 27.5 Å². The van der Waals surface area contributed by atoms with Gasteiger partial charge >= 0.3 is 0 Å². The lowest BCUT2D eigenvalue weighted by Gasteiger charge is -2.39. The topological polar surface area (TPSA) is 136 Å². The number of H-pyrrole nitrogens is 1. The van der Waals surface area contributed by atoms with Crippen molar-refractivity contribution in [3.05, 3.63) is 42.0 Å². The van der Waals surface area contributed by atoms with Crippen LogP contribution in [0, 0.1) is 11.8 Å². The normalized spacial score (nSPS) is 22.3. The summed E-state index contributed by atoms with van der Waals surface area (Å²) in [4.78, 5) is 35.6. The van der Waals surface area contributed by atoms with E-state index >= 15 is 0 Å². The molecule has 10 nitrogen and oxygen atoms in total. The SMILES string of the molecule is CCNC(=O)[C@H]1CC(C)CCN1C(=O)C(CCCc1cnc[nH]1)NS(=O)(=O)c1cccc2c1NCC(C)C2. The number of carbonyl (C=O) groups excluding carboxylic acids is 2. The van der Waals surface area contributed by atoms with Crippen LogP contribution in [-0.2, 0) is 32.5 Å². The van der Waals surface area contributed by atoms with Gasteiger partial charge in [0.25, 0.3) is 0 Å². The lowest BCUT2D eigenvalue weighted by atomic mass is 9.91. The number of piperidine rings is 1. The third-order valence-corrected chi connectivity index (χ3v) is 9.00. The van der Waals surface area contributed by atoms with Gasteiger partial charge in [-0.25, -0.2) is 13.4 Å². The summed E-state index contributed by atoms with van der Waals surface area (Å²) in [7, 11) is -4.03. The number of para-hydroxylation sites is 1. The summed E-state index contributed by atoms with van der Waals surface area (Å²) < 4.78 is 30.2. The van der Waals surface area contributed by atoms with Crippen molar-refractivity contribution in [3.8, 4) is 0 Å². The molecule has 4 rings (SSSR count). The van der Waals surface area contributed by atoms with Crippen LogP contribution >= 0.6 is 0 Å². The summed E-state index contributed by atoms with van der Waals surface area (Å²) in [5, 5.41) is 6.12. The monoisotopic (exact) mass is 544 g/mol. The number of fused-ring (bicyclic) bond motifs is 1. The number of nitrogens with one attached hydrogen (secondary N) is 4. The maximum atomic E-state index is 13.9. The average Bonchev–Trinajstić information content (AvgIpc) is 3.41. The molecule has 38 heavy (non-hydrogen) atoms. The zero-order chi connectivity index (χ0) is 27.3. The van der Waals surface area contributed by atoms with Crippen LogP contribution in [0.5, 0.6) is 0 Å². The second kappa shape index (κ2) is 12.3. The molecule has 4 atom stereocenters. The van der Waals surface area contributed by atoms with E-state index in [2.05, 4.69) is 39.2 Å². The molecular formula is C27H40N6O4S. The first-order valence-electron chi connectivity index (χ1n) is 13.6. The van der Waals surface area contributed by atoms with Gasteiger partial charge in [0.05, 0.1) is 12.0 Å². The summed E-state index contributed by atoms with van der Waals surface area (Å²) in [6.45, 7) is 7.61. The van der Waals surface area contributed by atoms with Crippen LogP contribution in [0.15, 0.2) is 35.6 Å². The molecule has 0 aliphatic carbocycles. The van der Waals surface area contributed by atoms with Crippen molar-refractivity contribution < 1.29 is 18.0 Å². The van der Waals surface area contributed by atoms with E-state index in [1.807, 2.05) is 13.0 Å². The summed E-state index contributed by atoms with van der Waals surface area (Å²) in [5.74, 6) is 0.152. The molecule has 4 N–H and O–H groups in total. The van der Waals surface area contributed by atoms with Gasteiger partial charge in [0, 0.05) is 31.5 Å². The Balaban J connectivity index is 1.60. The number of sulfonamides is 1. The number of hydrogen-bond acceptors (Lipinski definition) is 6. The summed E-state index contributed by atoms with van der Waals surface area (Å²) in [6, 6.07) is 3.66. The highest BCUT2D eigenvalue weighted by Gasteiger charge is 2.39. The van der Waals surface area contributed by atoms with Gasteiger partial charge in [-0.2, -0.15) is 4.72 Å². The van der Waals surface area contributed by atoms with Crippen LogP contribution in [0.3, 0.4) is 0 Å². The Morgan fingerprint density at radius 3 is 2.79 bits per heavy atom. The summed E-state index contributed by atoms with van der Waals surface area (Å²) in [5.41, 5.74) is 2.48. The number of imidazole rings is 1. The maximum Gasteiger partial charge on any atom is 0.243 e. The van der Waals surface area contributed by atoms with E-state index in [9.17, 15) is 18.0 Å². The zero-order valence-electron chi connectivity index (χ0n) is 22.5. The molecule has 0 spiro atoms. The first-order valence-corrected chi connectivity index (χ1v) is 15.1. The molecule has 1 saturated heterocycles. The van der Waals surface area contributed by atoms with Gasteiger partial charge in [-0.3, -0.25) is 9.59 Å². The first kappa shape index (κ1) is 28.1. The smallest absolute Gasteiger partial charge is 0.243 e. The molecule has 1 fully saturated rings. The molecule has 11 heteroatoms. The van der Waals surface area contributed by atoms with Gasteiger partial charge in [0.1, 0.15) is 17.0 Å². The summed E-state index contributed by atoms with van der Waals surface area (Å²) in [6.07, 6.45) is 6.93. The molecule has 0 saturated carbocycles. The molecular weight excluding hydrogens is 504 g/mol. The van der Waals surface area contributed by atoms with Crippen molar-refractivity contribution in [3.63, 3.8) is 0 Å². The Morgan fingerprint density at radius 1 is 1.24 bits per heavy atom. The van der Waals surface area contributed by atoms with Gasteiger partial charge < -0.3 is 20.5 Å². The molecule has 1 aromatic heterocycles. The standard InChI is InChI=1S/C27H40N6O4S/c1-4-29-26(34)23-14-18(2)11-12-33(23)27(35)22(9-6-8-21-16-28-17-31-21)32-38(36,37)24-10-5-7-20-13-19(3)15-30-25(20)24/h5,7,10,16-19,22-23,30,32H,4,6,8-9,11-15H2,1-3H3,(H,28,31)(H,29,34)/t18?,19?,22?,23-/m1/s1. The molecule has 208 valence electrons. The van der Waals surface area contributed by atoms with Crippen LogP contribution in [0.1, 0.15) is 57.7 Å². The van der Waals surface area contributed by atoms with Crippen LogP contribution in [-0.4, -0.2) is 66.8 Å². The predicted molar refractivity (Wildman–Crippen MR) is 146 cm³/mol. The number of likely N-dealkylation sites (tertiary alicyclic amines) is 1. The molecule has 2 amide bonds. The Bertz CT molecular complexity index is 1220. The molecule has 3 heterocycles. The van der Waals surface area contributed by atoms with Crippen LogP contribution in [0.25, 0.3) is 0 Å². The predicted octanol–water partition coefficient (Wildman–Crippen LogP) is 2.45. The number of anilines is 1. The lowest BCUT2D eigenvalue weighted by Crippen LogP contribution is -2.58. The fourth-order valence-electron chi connectivity index (χ4n) is 5.44. The number of amides is 2. The van der Waals surface area contributed by atoms with Crippen molar-refractivity contribution in [2.45, 2.75) is 76.3 Å². The number of benzene rings is 1. The molecule has 2 aromatic rings. The number of carbonyl (C=O) groups is 2. The van der Waals surface area contributed by atoms with E-state index in [1.165, 1.54) is 0 Å². The number of aryl methyl sites for hydroxylation is 1.